The van der Waals surface area contributed by atoms with Gasteiger partial charge in [0.1, 0.15) is 0 Å². The molecule has 0 N–H and O–H groups in total. The molecule has 2 rings (SSSR count). The van der Waals surface area contributed by atoms with Crippen LogP contribution in [0.4, 0.5) is 26.3 Å². The number of hydrogen-bond acceptors (Lipinski definition) is 0. The molecule has 1 nitrogen and oxygen atoms in total. The molecule has 0 spiro atoms. The summed E-state index contributed by atoms with van der Waals surface area (Å²) in [6, 6.07) is 0. The van der Waals surface area contributed by atoms with Crippen molar-refractivity contribution in [1.29, 1.82) is 0 Å². The topological polar surface area (TPSA) is 4.93 Å². The normalized spacial score (nSPS) is 11.4. The Bertz CT molecular complexity index is 549. The number of fused-ring (bicyclic) bond motifs is 1. The Morgan fingerprint density at radius 1 is 0.688 bits per heavy atom. The molecule has 0 unspecified atom stereocenters. The van der Waals surface area contributed by atoms with Gasteiger partial charge in [0.2, 0.25) is 5.95 Å². The van der Waals surface area contributed by atoms with Gasteiger partial charge in [-0.15, -0.1) is 0 Å². The van der Waals surface area contributed by atoms with Crippen molar-refractivity contribution in [1.82, 2.24) is 4.57 Å². The molecule has 7 heteroatoms. The lowest BCUT2D eigenvalue weighted by Crippen LogP contribution is -2.00. The Hall–Kier alpha value is -1.66. The van der Waals surface area contributed by atoms with Gasteiger partial charge in [0.15, 0.2) is 29.1 Å². The van der Waals surface area contributed by atoms with E-state index in [1.54, 1.807) is 0 Å². The van der Waals surface area contributed by atoms with E-state index in [1.165, 1.54) is 0 Å². The average molecular weight is 239 g/mol. The van der Waals surface area contributed by atoms with E-state index >= 15 is 0 Å². The Morgan fingerprint density at radius 3 is 1.75 bits per heavy atom. The molecule has 0 aliphatic carbocycles. The minimum Gasteiger partial charge on any atom is -0.315 e. The third-order valence-corrected chi connectivity index (χ3v) is 2.27. The van der Waals surface area contributed by atoms with E-state index in [0.717, 1.165) is 7.05 Å². The molecular formula is C9H3F6N. The Balaban J connectivity index is 3.15. The number of rotatable bonds is 0. The summed E-state index contributed by atoms with van der Waals surface area (Å²) in [4.78, 5) is 0. The van der Waals surface area contributed by atoms with Gasteiger partial charge in [-0.25, -0.2) is 22.0 Å². The van der Waals surface area contributed by atoms with E-state index in [4.69, 9.17) is 0 Å². The highest BCUT2D eigenvalue weighted by atomic mass is 19.2. The van der Waals surface area contributed by atoms with Gasteiger partial charge >= 0.3 is 0 Å². The van der Waals surface area contributed by atoms with Crippen molar-refractivity contribution in [3.63, 3.8) is 0 Å². The van der Waals surface area contributed by atoms with Gasteiger partial charge in [-0.05, 0) is 0 Å². The van der Waals surface area contributed by atoms with Crippen LogP contribution < -0.4 is 0 Å². The maximum absolute atomic E-state index is 13.2. The first-order chi connectivity index (χ1) is 7.37. The minimum absolute atomic E-state index is 0.269. The van der Waals surface area contributed by atoms with E-state index in [-0.39, 0.29) is 4.57 Å². The van der Waals surface area contributed by atoms with Gasteiger partial charge in [0, 0.05) is 7.05 Å². The van der Waals surface area contributed by atoms with E-state index in [9.17, 15) is 26.3 Å². The lowest BCUT2D eigenvalue weighted by Gasteiger charge is -2.01. The molecule has 0 saturated heterocycles. The van der Waals surface area contributed by atoms with Crippen LogP contribution in [-0.2, 0) is 7.05 Å². The maximum atomic E-state index is 13.2. The van der Waals surface area contributed by atoms with E-state index in [1.807, 2.05) is 0 Å². The number of nitrogens with zero attached hydrogens (tertiary/aromatic N) is 1. The van der Waals surface area contributed by atoms with Crippen molar-refractivity contribution in [2.24, 2.45) is 7.05 Å². The third-order valence-electron chi connectivity index (χ3n) is 2.27. The van der Waals surface area contributed by atoms with Crippen molar-refractivity contribution in [3.8, 4) is 0 Å². The summed E-state index contributed by atoms with van der Waals surface area (Å²) >= 11 is 0. The Labute approximate surface area is 84.9 Å². The van der Waals surface area contributed by atoms with Gasteiger partial charge in [-0.2, -0.15) is 4.39 Å². The molecule has 2 aromatic rings. The van der Waals surface area contributed by atoms with Crippen LogP contribution in [0, 0.1) is 35.0 Å². The van der Waals surface area contributed by atoms with Crippen molar-refractivity contribution >= 4 is 10.9 Å². The van der Waals surface area contributed by atoms with Crippen molar-refractivity contribution in [2.45, 2.75) is 0 Å². The molecule has 0 radical (unpaired) electrons. The number of halogens is 6. The van der Waals surface area contributed by atoms with Crippen LogP contribution in [0.15, 0.2) is 0 Å². The minimum atomic E-state index is -2.17. The van der Waals surface area contributed by atoms with Crippen molar-refractivity contribution < 1.29 is 26.3 Å². The molecule has 86 valence electrons. The second-order valence-electron chi connectivity index (χ2n) is 3.14. The summed E-state index contributed by atoms with van der Waals surface area (Å²) in [5.41, 5.74) is -0.994. The Morgan fingerprint density at radius 2 is 1.19 bits per heavy atom. The first kappa shape index (κ1) is 10.8. The van der Waals surface area contributed by atoms with Crippen LogP contribution in [0.25, 0.3) is 10.9 Å². The molecule has 0 atom stereocenters. The number of aromatic nitrogens is 1. The van der Waals surface area contributed by atoms with Crippen molar-refractivity contribution in [3.05, 3.63) is 35.0 Å². The second kappa shape index (κ2) is 3.16. The van der Waals surface area contributed by atoms with Gasteiger partial charge < -0.3 is 4.57 Å². The van der Waals surface area contributed by atoms with Crippen molar-refractivity contribution in [2.75, 3.05) is 0 Å². The highest BCUT2D eigenvalue weighted by Crippen LogP contribution is 2.31. The molecular weight excluding hydrogens is 236 g/mol. The molecule has 0 amide bonds. The summed E-state index contributed by atoms with van der Waals surface area (Å²) in [6.07, 6.45) is 0. The largest absolute Gasteiger partial charge is 0.315 e. The first-order valence-electron chi connectivity index (χ1n) is 4.03. The molecule has 1 aromatic carbocycles. The summed E-state index contributed by atoms with van der Waals surface area (Å²) in [5, 5.41) is -1.24. The van der Waals surface area contributed by atoms with Gasteiger partial charge in [0.25, 0.3) is 0 Å². The summed E-state index contributed by atoms with van der Waals surface area (Å²) in [7, 11) is 0.862. The molecule has 0 fully saturated rings. The maximum Gasteiger partial charge on any atom is 0.230 e. The number of aryl methyl sites for hydroxylation is 1. The molecule has 1 aromatic heterocycles. The van der Waals surface area contributed by atoms with Crippen LogP contribution >= 0.6 is 0 Å². The van der Waals surface area contributed by atoms with E-state index in [2.05, 4.69) is 0 Å². The molecule has 16 heavy (non-hydrogen) atoms. The number of hydrogen-bond donors (Lipinski definition) is 0. The van der Waals surface area contributed by atoms with Gasteiger partial charge in [0.05, 0.1) is 10.9 Å². The standard InChI is InChI=1S/C9H3F6N/c1-16-8-2(4(11)9(16)15)3(10)5(12)6(13)7(8)14/h1H3. The highest BCUT2D eigenvalue weighted by Gasteiger charge is 2.28. The van der Waals surface area contributed by atoms with E-state index < -0.39 is 45.9 Å². The Kier molecular flexibility index (Phi) is 2.14. The zero-order valence-corrected chi connectivity index (χ0v) is 7.72. The lowest BCUT2D eigenvalue weighted by atomic mass is 10.2. The fourth-order valence-electron chi connectivity index (χ4n) is 1.48. The summed E-state index contributed by atoms with van der Waals surface area (Å²) in [6.45, 7) is 0. The fraction of sp³-hybridized carbons (Fsp3) is 0.111. The molecule has 0 aliphatic heterocycles. The molecule has 0 bridgehead atoms. The van der Waals surface area contributed by atoms with Gasteiger partial charge in [-0.3, -0.25) is 0 Å². The predicted molar refractivity (Wildman–Crippen MR) is 42.7 cm³/mol. The van der Waals surface area contributed by atoms with Crippen LogP contribution in [0.2, 0.25) is 0 Å². The zero-order chi connectivity index (χ0) is 12.2. The lowest BCUT2D eigenvalue weighted by molar-refractivity contribution is 0.415. The quantitative estimate of drug-likeness (QED) is 0.378. The monoisotopic (exact) mass is 239 g/mol. The average Bonchev–Trinajstić information content (AvgIpc) is 2.48. The van der Waals surface area contributed by atoms with Crippen LogP contribution in [0.1, 0.15) is 0 Å². The summed E-state index contributed by atoms with van der Waals surface area (Å²) < 4.78 is 78.1. The number of benzene rings is 1. The molecule has 0 aliphatic rings. The fourth-order valence-corrected chi connectivity index (χ4v) is 1.48. The molecule has 0 saturated carbocycles. The molecule has 1 heterocycles. The van der Waals surface area contributed by atoms with Crippen LogP contribution in [0.5, 0.6) is 0 Å². The second-order valence-corrected chi connectivity index (χ2v) is 3.14. The van der Waals surface area contributed by atoms with E-state index in [0.29, 0.717) is 0 Å². The van der Waals surface area contributed by atoms with Crippen LogP contribution in [-0.4, -0.2) is 4.57 Å². The smallest absolute Gasteiger partial charge is 0.230 e. The summed E-state index contributed by atoms with van der Waals surface area (Å²) in [5.74, 6) is -11.4. The predicted octanol–water partition coefficient (Wildman–Crippen LogP) is 3.01. The first-order valence-corrected chi connectivity index (χ1v) is 4.03. The SMILES string of the molecule is Cn1c(F)c(F)c2c(F)c(F)c(F)c(F)c21. The third kappa shape index (κ3) is 1.08. The highest BCUT2D eigenvalue weighted by molar-refractivity contribution is 5.82. The van der Waals surface area contributed by atoms with Crippen LogP contribution in [0.3, 0.4) is 0 Å². The van der Waals surface area contributed by atoms with Gasteiger partial charge in [-0.1, -0.05) is 0 Å². The zero-order valence-electron chi connectivity index (χ0n) is 7.72.